The third-order valence-electron chi connectivity index (χ3n) is 3.46. The number of benzene rings is 2. The van der Waals surface area contributed by atoms with Crippen molar-refractivity contribution in [3.05, 3.63) is 74.3 Å². The minimum Gasteiger partial charge on any atom is -0.317 e. The molecule has 0 radical (unpaired) electrons. The summed E-state index contributed by atoms with van der Waals surface area (Å²) in [5.74, 6) is -0.434. The Morgan fingerprint density at radius 3 is 2.43 bits per heavy atom. The second kappa shape index (κ2) is 7.07. The first-order chi connectivity index (χ1) is 10.9. The Morgan fingerprint density at radius 1 is 1.17 bits per heavy atom. The van der Waals surface area contributed by atoms with Crippen LogP contribution in [0, 0.1) is 24.0 Å². The molecule has 0 atom stereocenters. The molecular weight excluding hydrogens is 316 g/mol. The Labute approximate surface area is 138 Å². The largest absolute Gasteiger partial charge is 0.317 e. The van der Waals surface area contributed by atoms with Crippen LogP contribution in [0.2, 0.25) is 5.02 Å². The fraction of sp³-hybridized carbons (Fsp3) is 0.118. The van der Waals surface area contributed by atoms with Gasteiger partial charge in [0.05, 0.1) is 4.92 Å². The van der Waals surface area contributed by atoms with Crippen molar-refractivity contribution in [3.8, 4) is 0 Å². The van der Waals surface area contributed by atoms with E-state index in [9.17, 15) is 14.9 Å². The minimum absolute atomic E-state index is 0.124. The summed E-state index contributed by atoms with van der Waals surface area (Å²) in [5, 5.41) is 14.3. The van der Waals surface area contributed by atoms with Gasteiger partial charge in [-0.25, -0.2) is 0 Å². The third kappa shape index (κ3) is 4.17. The number of halogens is 1. The average molecular weight is 331 g/mol. The van der Waals surface area contributed by atoms with Crippen molar-refractivity contribution >= 4 is 35.0 Å². The number of amides is 1. The molecule has 0 fully saturated rings. The number of rotatable bonds is 4. The van der Waals surface area contributed by atoms with Crippen molar-refractivity contribution in [1.29, 1.82) is 0 Å². The summed E-state index contributed by atoms with van der Waals surface area (Å²) in [6.45, 7) is 3.57. The molecule has 0 unspecified atom stereocenters. The Morgan fingerprint density at radius 2 is 1.83 bits per heavy atom. The molecule has 0 heterocycles. The number of nitro groups is 1. The first-order valence-corrected chi connectivity index (χ1v) is 7.25. The van der Waals surface area contributed by atoms with Crippen LogP contribution >= 0.6 is 11.6 Å². The quantitative estimate of drug-likeness (QED) is 0.509. The van der Waals surface area contributed by atoms with Crippen LogP contribution < -0.4 is 5.32 Å². The highest BCUT2D eigenvalue weighted by Crippen LogP contribution is 2.30. The summed E-state index contributed by atoms with van der Waals surface area (Å²) >= 11 is 5.79. The van der Waals surface area contributed by atoms with Crippen LogP contribution in [0.3, 0.4) is 0 Å². The summed E-state index contributed by atoms with van der Waals surface area (Å²) in [5.41, 5.74) is 2.45. The van der Waals surface area contributed by atoms with Gasteiger partial charge in [-0.05, 0) is 48.7 Å². The molecular formula is C17H15ClN2O3. The van der Waals surface area contributed by atoms with Gasteiger partial charge in [-0.15, -0.1) is 0 Å². The van der Waals surface area contributed by atoms with Crippen LogP contribution in [0.5, 0.6) is 0 Å². The van der Waals surface area contributed by atoms with Gasteiger partial charge in [0.15, 0.2) is 0 Å². The smallest absolute Gasteiger partial charge is 0.293 e. The van der Waals surface area contributed by atoms with Crippen LogP contribution in [-0.2, 0) is 4.79 Å². The van der Waals surface area contributed by atoms with Crippen molar-refractivity contribution in [2.75, 3.05) is 5.32 Å². The molecule has 6 heteroatoms. The first-order valence-electron chi connectivity index (χ1n) is 6.87. The van der Waals surface area contributed by atoms with E-state index in [1.807, 2.05) is 6.92 Å². The molecule has 1 N–H and O–H groups in total. The maximum Gasteiger partial charge on any atom is 0.293 e. The van der Waals surface area contributed by atoms with E-state index in [1.54, 1.807) is 43.3 Å². The number of nitrogens with one attached hydrogen (secondary N) is 1. The lowest BCUT2D eigenvalue weighted by Gasteiger charge is -2.09. The zero-order chi connectivity index (χ0) is 17.0. The first kappa shape index (κ1) is 16.7. The summed E-state index contributed by atoms with van der Waals surface area (Å²) in [4.78, 5) is 22.6. The van der Waals surface area contributed by atoms with E-state index >= 15 is 0 Å². The predicted octanol–water partition coefficient (Wildman–Crippen LogP) is 4.52. The lowest BCUT2D eigenvalue weighted by atomic mass is 10.1. The average Bonchev–Trinajstić information content (AvgIpc) is 2.51. The second-order valence-electron chi connectivity index (χ2n) is 5.03. The lowest BCUT2D eigenvalue weighted by Crippen LogP contribution is -2.11. The maximum absolute atomic E-state index is 12.0. The molecule has 1 amide bonds. The number of carbonyl (C=O) groups excluding carboxylic acids is 1. The topological polar surface area (TPSA) is 72.2 Å². The van der Waals surface area contributed by atoms with E-state index in [-0.39, 0.29) is 11.4 Å². The highest BCUT2D eigenvalue weighted by molar-refractivity contribution is 6.30. The number of aryl methyl sites for hydroxylation is 1. The van der Waals surface area contributed by atoms with E-state index in [0.29, 0.717) is 10.6 Å². The minimum atomic E-state index is -0.509. The molecule has 23 heavy (non-hydrogen) atoms. The number of nitro benzene ring substituents is 1. The van der Waals surface area contributed by atoms with E-state index in [2.05, 4.69) is 5.32 Å². The zero-order valence-corrected chi connectivity index (χ0v) is 13.4. The van der Waals surface area contributed by atoms with Crippen molar-refractivity contribution in [2.24, 2.45) is 0 Å². The van der Waals surface area contributed by atoms with Gasteiger partial charge >= 0.3 is 0 Å². The maximum atomic E-state index is 12.0. The summed E-state index contributed by atoms with van der Waals surface area (Å²) in [6, 6.07) is 10.0. The lowest BCUT2D eigenvalue weighted by molar-refractivity contribution is -0.384. The van der Waals surface area contributed by atoms with Crippen molar-refractivity contribution < 1.29 is 9.72 Å². The predicted molar refractivity (Wildman–Crippen MR) is 91.7 cm³/mol. The van der Waals surface area contributed by atoms with E-state index in [1.165, 1.54) is 12.1 Å². The van der Waals surface area contributed by atoms with Gasteiger partial charge in [0, 0.05) is 17.2 Å². The van der Waals surface area contributed by atoms with Crippen LogP contribution in [0.15, 0.2) is 42.5 Å². The highest BCUT2D eigenvalue weighted by atomic mass is 35.5. The summed E-state index contributed by atoms with van der Waals surface area (Å²) < 4.78 is 0. The van der Waals surface area contributed by atoms with Crippen molar-refractivity contribution in [3.63, 3.8) is 0 Å². The molecule has 0 aliphatic rings. The molecule has 0 aliphatic heterocycles. The Hall–Kier alpha value is -2.66. The highest BCUT2D eigenvalue weighted by Gasteiger charge is 2.18. The van der Waals surface area contributed by atoms with E-state index in [4.69, 9.17) is 11.6 Å². The molecule has 0 saturated carbocycles. The third-order valence-corrected chi connectivity index (χ3v) is 3.71. The Kier molecular flexibility index (Phi) is 5.13. The monoisotopic (exact) mass is 330 g/mol. The standard InChI is InChI=1S/C17H15ClN2O3/c1-11-3-9-15(20(22)23)17(12(11)2)19-16(21)10-6-13-4-7-14(18)8-5-13/h3-10H,1-2H3,(H,19,21). The van der Waals surface area contributed by atoms with Crippen molar-refractivity contribution in [2.45, 2.75) is 13.8 Å². The van der Waals surface area contributed by atoms with Gasteiger partial charge < -0.3 is 5.32 Å². The van der Waals surface area contributed by atoms with Crippen LogP contribution in [0.4, 0.5) is 11.4 Å². The number of carbonyl (C=O) groups is 1. The van der Waals surface area contributed by atoms with Crippen LogP contribution in [0.1, 0.15) is 16.7 Å². The molecule has 0 spiro atoms. The number of hydrogen-bond donors (Lipinski definition) is 1. The molecule has 2 aromatic carbocycles. The van der Waals surface area contributed by atoms with Gasteiger partial charge in [-0.2, -0.15) is 0 Å². The van der Waals surface area contributed by atoms with Crippen LogP contribution in [0.25, 0.3) is 6.08 Å². The molecule has 0 aromatic heterocycles. The molecule has 2 aromatic rings. The van der Waals surface area contributed by atoms with E-state index < -0.39 is 10.8 Å². The number of anilines is 1. The Bertz CT molecular complexity index is 783. The molecule has 5 nitrogen and oxygen atoms in total. The van der Waals surface area contributed by atoms with Crippen molar-refractivity contribution in [1.82, 2.24) is 0 Å². The van der Waals surface area contributed by atoms with Gasteiger partial charge in [0.2, 0.25) is 5.91 Å². The number of hydrogen-bond acceptors (Lipinski definition) is 3. The molecule has 0 aliphatic carbocycles. The molecule has 118 valence electrons. The van der Waals surface area contributed by atoms with E-state index in [0.717, 1.165) is 11.1 Å². The fourth-order valence-electron chi connectivity index (χ4n) is 2.02. The Balaban J connectivity index is 2.21. The zero-order valence-electron chi connectivity index (χ0n) is 12.7. The normalized spacial score (nSPS) is 10.7. The van der Waals surface area contributed by atoms with Gasteiger partial charge in [-0.3, -0.25) is 14.9 Å². The van der Waals surface area contributed by atoms with Gasteiger partial charge in [-0.1, -0.05) is 29.8 Å². The second-order valence-corrected chi connectivity index (χ2v) is 5.47. The van der Waals surface area contributed by atoms with Crippen LogP contribution in [-0.4, -0.2) is 10.8 Å². The summed E-state index contributed by atoms with van der Waals surface area (Å²) in [7, 11) is 0. The van der Waals surface area contributed by atoms with Gasteiger partial charge in [0.25, 0.3) is 5.69 Å². The molecule has 0 bridgehead atoms. The molecule has 2 rings (SSSR count). The summed E-state index contributed by atoms with van der Waals surface area (Å²) in [6.07, 6.45) is 2.94. The fourth-order valence-corrected chi connectivity index (χ4v) is 2.15. The van der Waals surface area contributed by atoms with Gasteiger partial charge in [0.1, 0.15) is 5.69 Å². The molecule has 0 saturated heterocycles. The SMILES string of the molecule is Cc1ccc([N+](=O)[O-])c(NC(=O)C=Cc2ccc(Cl)cc2)c1C. The number of nitrogens with zero attached hydrogens (tertiary/aromatic N) is 1.